The molecule has 23 heavy (non-hydrogen) atoms. The molecule has 0 atom stereocenters. The molecule has 0 unspecified atom stereocenters. The van der Waals surface area contributed by atoms with Gasteiger partial charge in [0.1, 0.15) is 11.6 Å². The Morgan fingerprint density at radius 2 is 1.91 bits per heavy atom. The summed E-state index contributed by atoms with van der Waals surface area (Å²) in [7, 11) is 0. The Kier molecular flexibility index (Phi) is 4.02. The van der Waals surface area contributed by atoms with Crippen molar-refractivity contribution in [1.82, 2.24) is 0 Å². The Morgan fingerprint density at radius 3 is 2.57 bits per heavy atom. The zero-order valence-corrected chi connectivity index (χ0v) is 13.7. The molecule has 0 N–H and O–H groups in total. The van der Waals surface area contributed by atoms with Gasteiger partial charge in [-0.15, -0.1) is 0 Å². The van der Waals surface area contributed by atoms with Gasteiger partial charge in [0.25, 0.3) is 0 Å². The fourth-order valence-corrected chi connectivity index (χ4v) is 2.76. The highest BCUT2D eigenvalue weighted by molar-refractivity contribution is 6.31. The van der Waals surface area contributed by atoms with Gasteiger partial charge in [0.2, 0.25) is 5.66 Å². The van der Waals surface area contributed by atoms with Gasteiger partial charge < -0.3 is 0 Å². The van der Waals surface area contributed by atoms with Gasteiger partial charge in [-0.25, -0.2) is 4.39 Å². The minimum atomic E-state index is -0.700. The van der Waals surface area contributed by atoms with E-state index in [2.05, 4.69) is 10.2 Å². The second-order valence-electron chi connectivity index (χ2n) is 6.00. The van der Waals surface area contributed by atoms with Crippen LogP contribution in [-0.4, -0.2) is 5.78 Å². The first-order valence-corrected chi connectivity index (χ1v) is 7.75. The molecule has 0 spiro atoms. The minimum absolute atomic E-state index is 0.0591. The van der Waals surface area contributed by atoms with E-state index in [1.165, 1.54) is 12.1 Å². The molecule has 5 heteroatoms. The number of Topliss-reactive ketones (excluding diaryl/α,β-unsaturated/α-hetero) is 1. The molecular formula is C18H16ClFN2O. The number of halogens is 2. The molecule has 118 valence electrons. The molecule has 1 aliphatic rings. The van der Waals surface area contributed by atoms with Gasteiger partial charge in [-0.3, -0.25) is 4.79 Å². The lowest BCUT2D eigenvalue weighted by Crippen LogP contribution is -2.13. The van der Waals surface area contributed by atoms with E-state index >= 15 is 0 Å². The van der Waals surface area contributed by atoms with Gasteiger partial charge in [-0.2, -0.15) is 10.2 Å². The predicted molar refractivity (Wildman–Crippen MR) is 87.2 cm³/mol. The third kappa shape index (κ3) is 3.48. The molecule has 2 aromatic carbocycles. The van der Waals surface area contributed by atoms with Crippen LogP contribution in [0.4, 0.5) is 4.39 Å². The molecular weight excluding hydrogens is 315 g/mol. The number of hydrogen-bond donors (Lipinski definition) is 0. The lowest BCUT2D eigenvalue weighted by Gasteiger charge is -2.12. The zero-order chi connectivity index (χ0) is 16.6. The van der Waals surface area contributed by atoms with E-state index in [1.54, 1.807) is 19.1 Å². The van der Waals surface area contributed by atoms with Crippen LogP contribution in [0.3, 0.4) is 0 Å². The van der Waals surface area contributed by atoms with E-state index in [9.17, 15) is 9.18 Å². The number of carbonyl (C=O) groups excluding carboxylic acids is 1. The summed E-state index contributed by atoms with van der Waals surface area (Å²) in [6.45, 7) is 3.71. The summed E-state index contributed by atoms with van der Waals surface area (Å²) in [5, 5.41) is 8.59. The second kappa shape index (κ2) is 5.85. The van der Waals surface area contributed by atoms with Crippen molar-refractivity contribution in [2.75, 3.05) is 0 Å². The van der Waals surface area contributed by atoms with E-state index in [0.717, 1.165) is 16.7 Å². The van der Waals surface area contributed by atoms with Crippen molar-refractivity contribution < 1.29 is 9.18 Å². The van der Waals surface area contributed by atoms with E-state index in [1.807, 2.05) is 19.1 Å². The van der Waals surface area contributed by atoms with Crippen molar-refractivity contribution in [1.29, 1.82) is 0 Å². The first-order valence-electron chi connectivity index (χ1n) is 7.37. The first-order chi connectivity index (χ1) is 10.9. The number of hydrogen-bond acceptors (Lipinski definition) is 3. The Morgan fingerprint density at radius 1 is 1.17 bits per heavy atom. The van der Waals surface area contributed by atoms with Gasteiger partial charge in [-0.1, -0.05) is 29.8 Å². The topological polar surface area (TPSA) is 41.8 Å². The average Bonchev–Trinajstić information content (AvgIpc) is 3.24. The summed E-state index contributed by atoms with van der Waals surface area (Å²) in [6, 6.07) is 9.99. The van der Waals surface area contributed by atoms with Crippen LogP contribution in [0, 0.1) is 12.7 Å². The third-order valence-electron chi connectivity index (χ3n) is 3.99. The van der Waals surface area contributed by atoms with Crippen LogP contribution in [-0.2, 0) is 23.3 Å². The van der Waals surface area contributed by atoms with Crippen molar-refractivity contribution in [2.24, 2.45) is 10.2 Å². The molecule has 3 rings (SSSR count). The summed E-state index contributed by atoms with van der Waals surface area (Å²) < 4.78 is 13.5. The maximum atomic E-state index is 13.5. The van der Waals surface area contributed by atoms with Crippen LogP contribution in [0.2, 0.25) is 5.02 Å². The number of carbonyl (C=O) groups is 1. The number of nitrogens with zero attached hydrogens (tertiary/aromatic N) is 2. The number of benzene rings is 2. The predicted octanol–water partition coefficient (Wildman–Crippen LogP) is 4.78. The SMILES string of the molecule is Cc1cc(CC(=O)Cc2ccc(F)cc2C2(C)N=N2)ccc1Cl. The third-order valence-corrected chi connectivity index (χ3v) is 4.42. The van der Waals surface area contributed by atoms with E-state index < -0.39 is 5.66 Å². The Labute approximate surface area is 139 Å². The Hall–Kier alpha value is -2.07. The molecule has 0 saturated carbocycles. The van der Waals surface area contributed by atoms with Gasteiger partial charge >= 0.3 is 0 Å². The fourth-order valence-electron chi connectivity index (χ4n) is 2.65. The molecule has 0 bridgehead atoms. The lowest BCUT2D eigenvalue weighted by atomic mass is 9.93. The summed E-state index contributed by atoms with van der Waals surface area (Å²) in [4.78, 5) is 12.4. The number of ketones is 1. The molecule has 0 radical (unpaired) electrons. The molecule has 0 aliphatic carbocycles. The fraction of sp³-hybridized carbons (Fsp3) is 0.278. The Balaban J connectivity index is 1.77. The second-order valence-corrected chi connectivity index (χ2v) is 6.41. The van der Waals surface area contributed by atoms with Crippen LogP contribution in [0.25, 0.3) is 0 Å². The lowest BCUT2D eigenvalue weighted by molar-refractivity contribution is -0.117. The normalized spacial score (nSPS) is 14.8. The molecule has 2 aromatic rings. The molecule has 0 aromatic heterocycles. The van der Waals surface area contributed by atoms with Gasteiger partial charge in [-0.05, 0) is 48.7 Å². The molecule has 3 nitrogen and oxygen atoms in total. The van der Waals surface area contributed by atoms with Crippen molar-refractivity contribution in [3.05, 3.63) is 69.5 Å². The smallest absolute Gasteiger partial charge is 0.213 e. The van der Waals surface area contributed by atoms with Crippen LogP contribution in [0.15, 0.2) is 46.6 Å². The minimum Gasteiger partial charge on any atom is -0.299 e. The van der Waals surface area contributed by atoms with Gasteiger partial charge in [0, 0.05) is 23.4 Å². The maximum Gasteiger partial charge on any atom is 0.213 e. The standard InChI is InChI=1S/C18H16ClFN2O/c1-11-7-12(3-6-17(11)19)8-15(23)9-13-4-5-14(20)10-16(13)18(2)21-22-18/h3-7,10H,8-9H2,1-2H3. The highest BCUT2D eigenvalue weighted by atomic mass is 35.5. The maximum absolute atomic E-state index is 13.5. The summed E-state index contributed by atoms with van der Waals surface area (Å²) in [5.41, 5.74) is 2.61. The van der Waals surface area contributed by atoms with Gasteiger partial charge in [0.15, 0.2) is 0 Å². The van der Waals surface area contributed by atoms with Crippen LogP contribution in [0.1, 0.15) is 29.2 Å². The highest BCUT2D eigenvalue weighted by Gasteiger charge is 2.38. The van der Waals surface area contributed by atoms with Gasteiger partial charge in [0.05, 0.1) is 0 Å². The van der Waals surface area contributed by atoms with Crippen molar-refractivity contribution in [2.45, 2.75) is 32.4 Å². The highest BCUT2D eigenvalue weighted by Crippen LogP contribution is 2.41. The molecule has 0 fully saturated rings. The van der Waals surface area contributed by atoms with Crippen LogP contribution >= 0.6 is 11.6 Å². The summed E-state index contributed by atoms with van der Waals surface area (Å²) in [5.74, 6) is -0.285. The Bertz CT molecular complexity index is 811. The average molecular weight is 331 g/mol. The quantitative estimate of drug-likeness (QED) is 0.777. The van der Waals surface area contributed by atoms with Crippen molar-refractivity contribution >= 4 is 17.4 Å². The first kappa shape index (κ1) is 15.8. The van der Waals surface area contributed by atoms with E-state index in [4.69, 9.17) is 11.6 Å². The monoisotopic (exact) mass is 330 g/mol. The number of aryl methyl sites for hydroxylation is 1. The molecule has 1 aliphatic heterocycles. The molecule has 0 saturated heterocycles. The number of rotatable bonds is 5. The van der Waals surface area contributed by atoms with Crippen LogP contribution in [0.5, 0.6) is 0 Å². The van der Waals surface area contributed by atoms with Crippen molar-refractivity contribution in [3.8, 4) is 0 Å². The van der Waals surface area contributed by atoms with E-state index in [0.29, 0.717) is 17.0 Å². The van der Waals surface area contributed by atoms with Crippen LogP contribution < -0.4 is 0 Å². The zero-order valence-electron chi connectivity index (χ0n) is 12.9. The summed E-state index contributed by atoms with van der Waals surface area (Å²) in [6.07, 6.45) is 0.553. The molecule has 0 amide bonds. The van der Waals surface area contributed by atoms with E-state index in [-0.39, 0.29) is 18.0 Å². The summed E-state index contributed by atoms with van der Waals surface area (Å²) >= 11 is 6.00. The molecule has 1 heterocycles. The van der Waals surface area contributed by atoms with Crippen molar-refractivity contribution in [3.63, 3.8) is 0 Å². The largest absolute Gasteiger partial charge is 0.299 e.